The molecule has 3 aromatic rings. The second-order valence-electron chi connectivity index (χ2n) is 9.55. The number of anilines is 1. The predicted molar refractivity (Wildman–Crippen MR) is 133 cm³/mol. The molecule has 1 aromatic carbocycles. The number of piperidine rings is 1. The van der Waals surface area contributed by atoms with Gasteiger partial charge in [-0.3, -0.25) is 0 Å². The highest BCUT2D eigenvalue weighted by molar-refractivity contribution is 7.87. The molecule has 2 fully saturated rings. The minimum atomic E-state index is -3.79. The van der Waals surface area contributed by atoms with Crippen molar-refractivity contribution in [1.82, 2.24) is 24.1 Å². The summed E-state index contributed by atoms with van der Waals surface area (Å²) < 4.78 is 49.5. The van der Waals surface area contributed by atoms with Crippen molar-refractivity contribution in [1.29, 1.82) is 0 Å². The van der Waals surface area contributed by atoms with Crippen molar-refractivity contribution in [2.24, 2.45) is 5.92 Å². The highest BCUT2D eigenvalue weighted by Crippen LogP contribution is 2.35. The molecule has 5 rings (SSSR count). The lowest BCUT2D eigenvalue weighted by Crippen LogP contribution is -2.53. The van der Waals surface area contributed by atoms with E-state index in [0.717, 1.165) is 41.2 Å². The van der Waals surface area contributed by atoms with Crippen molar-refractivity contribution < 1.29 is 17.5 Å². The minimum Gasteiger partial charge on any atom is -0.378 e. The molecular formula is C25H31FN6O3S. The van der Waals surface area contributed by atoms with E-state index in [1.807, 2.05) is 18.2 Å². The Kier molecular flexibility index (Phi) is 7.59. The largest absolute Gasteiger partial charge is 0.378 e. The molecule has 1 aliphatic carbocycles. The SMILES string of the molecule is O=S(=O)(N[C@H]1CCN(c2cccnn2)C[C@H]1COC1CCC(c2cccc(F)c2)CC1)n1cccn1. The van der Waals surface area contributed by atoms with E-state index in [0.29, 0.717) is 32.0 Å². The van der Waals surface area contributed by atoms with Crippen LogP contribution in [0, 0.1) is 11.7 Å². The highest BCUT2D eigenvalue weighted by atomic mass is 32.2. The maximum Gasteiger partial charge on any atom is 0.320 e. The summed E-state index contributed by atoms with van der Waals surface area (Å²) >= 11 is 0. The summed E-state index contributed by atoms with van der Waals surface area (Å²) in [5, 5.41) is 12.1. The van der Waals surface area contributed by atoms with Crippen molar-refractivity contribution in [2.75, 3.05) is 24.6 Å². The number of hydrogen-bond acceptors (Lipinski definition) is 7. The third-order valence-corrected chi connectivity index (χ3v) is 8.49. The van der Waals surface area contributed by atoms with Crippen molar-refractivity contribution in [3.63, 3.8) is 0 Å². The summed E-state index contributed by atoms with van der Waals surface area (Å²) in [6.45, 7) is 1.68. The molecular weight excluding hydrogens is 483 g/mol. The van der Waals surface area contributed by atoms with Gasteiger partial charge >= 0.3 is 10.2 Å². The van der Waals surface area contributed by atoms with Crippen LogP contribution in [0.15, 0.2) is 61.1 Å². The number of halogens is 1. The fourth-order valence-corrected chi connectivity index (χ4v) is 6.46. The molecule has 2 aromatic heterocycles. The number of benzene rings is 1. The summed E-state index contributed by atoms with van der Waals surface area (Å²) in [6, 6.07) is 11.9. The Balaban J connectivity index is 1.22. The van der Waals surface area contributed by atoms with Gasteiger partial charge in [0.15, 0.2) is 5.82 Å². The van der Waals surface area contributed by atoms with Gasteiger partial charge in [0.05, 0.1) is 18.9 Å². The molecule has 9 nitrogen and oxygen atoms in total. The Hall–Kier alpha value is -2.89. The Bertz CT molecular complexity index is 1220. The molecule has 0 radical (unpaired) electrons. The monoisotopic (exact) mass is 514 g/mol. The van der Waals surface area contributed by atoms with E-state index in [-0.39, 0.29) is 23.9 Å². The van der Waals surface area contributed by atoms with E-state index in [1.165, 1.54) is 18.5 Å². The van der Waals surface area contributed by atoms with E-state index in [2.05, 4.69) is 24.9 Å². The maximum absolute atomic E-state index is 13.6. The summed E-state index contributed by atoms with van der Waals surface area (Å²) in [5.41, 5.74) is 1.05. The van der Waals surface area contributed by atoms with Gasteiger partial charge in [0.25, 0.3) is 0 Å². The van der Waals surface area contributed by atoms with Crippen LogP contribution in [0.1, 0.15) is 43.6 Å². The first-order chi connectivity index (χ1) is 17.5. The van der Waals surface area contributed by atoms with Gasteiger partial charge in [0, 0.05) is 37.4 Å². The van der Waals surface area contributed by atoms with Crippen LogP contribution in [0.25, 0.3) is 0 Å². The Labute approximate surface area is 210 Å². The van der Waals surface area contributed by atoms with E-state index < -0.39 is 10.2 Å². The number of hydrogen-bond donors (Lipinski definition) is 1. The molecule has 192 valence electrons. The molecule has 0 amide bonds. The number of aromatic nitrogens is 4. The lowest BCUT2D eigenvalue weighted by molar-refractivity contribution is -0.00219. The van der Waals surface area contributed by atoms with Crippen LogP contribution in [-0.4, -0.2) is 59.6 Å². The molecule has 1 saturated heterocycles. The second-order valence-corrected chi connectivity index (χ2v) is 11.1. The van der Waals surface area contributed by atoms with E-state index in [9.17, 15) is 12.8 Å². The van der Waals surface area contributed by atoms with Gasteiger partial charge < -0.3 is 9.64 Å². The average molecular weight is 515 g/mol. The van der Waals surface area contributed by atoms with Crippen molar-refractivity contribution >= 4 is 16.0 Å². The fourth-order valence-electron chi connectivity index (χ4n) is 5.25. The molecule has 1 aliphatic heterocycles. The third-order valence-electron chi connectivity index (χ3n) is 7.18. The van der Waals surface area contributed by atoms with Gasteiger partial charge in [-0.25, -0.2) is 4.39 Å². The van der Waals surface area contributed by atoms with E-state index in [1.54, 1.807) is 24.4 Å². The quantitative estimate of drug-likeness (QED) is 0.493. The molecule has 2 aliphatic rings. The Morgan fingerprint density at radius 1 is 1.06 bits per heavy atom. The molecule has 1 N–H and O–H groups in total. The number of rotatable bonds is 8. The van der Waals surface area contributed by atoms with Crippen LogP contribution < -0.4 is 9.62 Å². The van der Waals surface area contributed by atoms with Crippen LogP contribution in [0.2, 0.25) is 0 Å². The molecule has 3 heterocycles. The van der Waals surface area contributed by atoms with Gasteiger partial charge in [-0.1, -0.05) is 12.1 Å². The van der Waals surface area contributed by atoms with Gasteiger partial charge in [0.2, 0.25) is 0 Å². The van der Waals surface area contributed by atoms with Gasteiger partial charge in [-0.2, -0.15) is 27.4 Å². The molecule has 0 bridgehead atoms. The van der Waals surface area contributed by atoms with E-state index in [4.69, 9.17) is 4.74 Å². The summed E-state index contributed by atoms with van der Waals surface area (Å²) in [5.74, 6) is 0.842. The van der Waals surface area contributed by atoms with Gasteiger partial charge in [0.1, 0.15) is 5.82 Å². The Morgan fingerprint density at radius 2 is 1.92 bits per heavy atom. The van der Waals surface area contributed by atoms with Crippen molar-refractivity contribution in [3.8, 4) is 0 Å². The lowest BCUT2D eigenvalue weighted by atomic mass is 9.82. The maximum atomic E-state index is 13.6. The van der Waals surface area contributed by atoms with Crippen LogP contribution in [-0.2, 0) is 14.9 Å². The standard InChI is InChI=1S/C25H31FN6O3S/c26-22-5-1-4-20(16-22)19-7-9-23(10-8-19)35-18-21-17-31(25-6-2-12-27-29-25)15-11-24(21)30-36(33,34)32-14-3-13-28-32/h1-6,12-14,16,19,21,23-24,30H,7-11,15,17-18H2/t19?,21-,23?,24-/m0/s1. The first kappa shape index (κ1) is 24.8. The minimum absolute atomic E-state index is 0.0768. The number of nitrogens with zero attached hydrogens (tertiary/aromatic N) is 5. The first-order valence-electron chi connectivity index (χ1n) is 12.4. The second kappa shape index (κ2) is 11.0. The fraction of sp³-hybridized carbons (Fsp3) is 0.480. The van der Waals surface area contributed by atoms with Gasteiger partial charge in [-0.15, -0.1) is 5.10 Å². The molecule has 1 saturated carbocycles. The van der Waals surface area contributed by atoms with Gasteiger partial charge in [-0.05, 0) is 73.9 Å². The van der Waals surface area contributed by atoms with Crippen LogP contribution in [0.5, 0.6) is 0 Å². The lowest BCUT2D eigenvalue weighted by Gasteiger charge is -2.39. The normalized spacial score (nSPS) is 25.1. The topological polar surface area (TPSA) is 102 Å². The molecule has 0 spiro atoms. The Morgan fingerprint density at radius 3 is 2.64 bits per heavy atom. The first-order valence-corrected chi connectivity index (χ1v) is 13.8. The molecule has 11 heteroatoms. The molecule has 2 atom stereocenters. The summed E-state index contributed by atoms with van der Waals surface area (Å²) in [4.78, 5) is 2.13. The number of ether oxygens (including phenoxy) is 1. The molecule has 36 heavy (non-hydrogen) atoms. The zero-order chi connectivity index (χ0) is 25.0. The van der Waals surface area contributed by atoms with E-state index >= 15 is 0 Å². The summed E-state index contributed by atoms with van der Waals surface area (Å²) in [7, 11) is -3.79. The van der Waals surface area contributed by atoms with Crippen LogP contribution in [0.3, 0.4) is 0 Å². The zero-order valence-electron chi connectivity index (χ0n) is 20.0. The van der Waals surface area contributed by atoms with Crippen LogP contribution in [0.4, 0.5) is 10.2 Å². The summed E-state index contributed by atoms with van der Waals surface area (Å²) in [6.07, 6.45) is 8.88. The number of nitrogens with one attached hydrogen (secondary N) is 1. The highest BCUT2D eigenvalue weighted by Gasteiger charge is 2.34. The predicted octanol–water partition coefficient (Wildman–Crippen LogP) is 3.13. The zero-order valence-corrected chi connectivity index (χ0v) is 20.8. The van der Waals surface area contributed by atoms with Crippen molar-refractivity contribution in [2.45, 2.75) is 50.2 Å². The van der Waals surface area contributed by atoms with Crippen LogP contribution >= 0.6 is 0 Å². The molecule has 0 unspecified atom stereocenters. The van der Waals surface area contributed by atoms with Crippen molar-refractivity contribution in [3.05, 3.63) is 72.4 Å². The smallest absolute Gasteiger partial charge is 0.320 e. The third kappa shape index (κ3) is 5.91. The average Bonchev–Trinajstić information content (AvgIpc) is 3.45.